The lowest BCUT2D eigenvalue weighted by molar-refractivity contribution is -0.120. The second-order valence-electron chi connectivity index (χ2n) is 6.14. The van der Waals surface area contributed by atoms with Crippen molar-refractivity contribution in [3.63, 3.8) is 0 Å². The minimum Gasteiger partial charge on any atom is -0.497 e. The summed E-state index contributed by atoms with van der Waals surface area (Å²) in [6, 6.07) is 9.51. The van der Waals surface area contributed by atoms with Gasteiger partial charge in [0.05, 0.1) is 19.3 Å². The van der Waals surface area contributed by atoms with Crippen LogP contribution < -0.4 is 10.1 Å². The van der Waals surface area contributed by atoms with Gasteiger partial charge in [-0.05, 0) is 41.1 Å². The Balaban J connectivity index is 1.52. The van der Waals surface area contributed by atoms with Crippen molar-refractivity contribution in [2.75, 3.05) is 26.0 Å². The van der Waals surface area contributed by atoms with Gasteiger partial charge in [-0.1, -0.05) is 12.1 Å². The number of benzene rings is 1. The van der Waals surface area contributed by atoms with E-state index >= 15 is 0 Å². The Morgan fingerprint density at radius 1 is 1.31 bits per heavy atom. The summed E-state index contributed by atoms with van der Waals surface area (Å²) < 4.78 is 31.8. The molecule has 8 heteroatoms. The van der Waals surface area contributed by atoms with E-state index in [1.165, 1.54) is 15.6 Å². The van der Waals surface area contributed by atoms with Crippen LogP contribution in [0.5, 0.6) is 5.75 Å². The van der Waals surface area contributed by atoms with E-state index in [4.69, 9.17) is 4.74 Å². The largest absolute Gasteiger partial charge is 0.497 e. The average molecular weight is 395 g/mol. The number of amides is 1. The van der Waals surface area contributed by atoms with Crippen LogP contribution in [0, 0.1) is 0 Å². The topological polar surface area (TPSA) is 75.7 Å². The molecular weight excluding hydrogens is 372 g/mol. The molecule has 0 unspecified atom stereocenters. The van der Waals surface area contributed by atoms with Crippen LogP contribution in [0.1, 0.15) is 16.0 Å². The Kier molecular flexibility index (Phi) is 5.95. The van der Waals surface area contributed by atoms with E-state index in [9.17, 15) is 13.2 Å². The Hall–Kier alpha value is -1.90. The van der Waals surface area contributed by atoms with Crippen molar-refractivity contribution in [2.45, 2.75) is 19.4 Å². The Bertz CT molecular complexity index is 863. The summed E-state index contributed by atoms with van der Waals surface area (Å²) in [7, 11) is -1.79. The summed E-state index contributed by atoms with van der Waals surface area (Å²) in [6.07, 6.45) is 0.952. The molecule has 2 aromatic rings. The zero-order chi connectivity index (χ0) is 18.6. The first-order chi connectivity index (χ1) is 12.5. The lowest BCUT2D eigenvalue weighted by Crippen LogP contribution is -2.40. The highest BCUT2D eigenvalue weighted by molar-refractivity contribution is 7.89. The predicted molar refractivity (Wildman–Crippen MR) is 102 cm³/mol. The van der Waals surface area contributed by atoms with Crippen molar-refractivity contribution >= 4 is 27.3 Å². The van der Waals surface area contributed by atoms with Gasteiger partial charge in [0, 0.05) is 24.5 Å². The second kappa shape index (κ2) is 8.20. The van der Waals surface area contributed by atoms with Crippen molar-refractivity contribution in [2.24, 2.45) is 0 Å². The monoisotopic (exact) mass is 394 g/mol. The molecule has 0 bridgehead atoms. The molecule has 1 amide bonds. The quantitative estimate of drug-likeness (QED) is 0.777. The van der Waals surface area contributed by atoms with Gasteiger partial charge in [-0.3, -0.25) is 4.79 Å². The molecule has 0 aliphatic carbocycles. The lowest BCUT2D eigenvalue weighted by atomic mass is 10.0. The van der Waals surface area contributed by atoms with E-state index in [1.54, 1.807) is 7.11 Å². The van der Waals surface area contributed by atoms with Gasteiger partial charge in [-0.15, -0.1) is 11.3 Å². The second-order valence-corrected chi connectivity index (χ2v) is 9.26. The van der Waals surface area contributed by atoms with Crippen LogP contribution in [0.4, 0.5) is 0 Å². The highest BCUT2D eigenvalue weighted by Crippen LogP contribution is 2.25. The summed E-state index contributed by atoms with van der Waals surface area (Å²) in [5.41, 5.74) is 2.13. The first kappa shape index (κ1) is 18.9. The third kappa shape index (κ3) is 4.63. The molecule has 26 heavy (non-hydrogen) atoms. The third-order valence-electron chi connectivity index (χ3n) is 4.38. The molecule has 3 rings (SSSR count). The first-order valence-electron chi connectivity index (χ1n) is 8.40. The lowest BCUT2D eigenvalue weighted by Gasteiger charge is -2.28. The van der Waals surface area contributed by atoms with Gasteiger partial charge in [0.1, 0.15) is 5.75 Å². The molecule has 0 atom stereocenters. The number of nitrogens with one attached hydrogen (secondary N) is 1. The van der Waals surface area contributed by atoms with Gasteiger partial charge in [0.2, 0.25) is 15.9 Å². The van der Waals surface area contributed by atoms with E-state index in [0.717, 1.165) is 21.8 Å². The van der Waals surface area contributed by atoms with Gasteiger partial charge in [-0.2, -0.15) is 4.31 Å². The van der Waals surface area contributed by atoms with Gasteiger partial charge in [0.15, 0.2) is 0 Å². The van der Waals surface area contributed by atoms with E-state index < -0.39 is 10.0 Å². The summed E-state index contributed by atoms with van der Waals surface area (Å²) in [6.45, 7) is 0.939. The fraction of sp³-hybridized carbons (Fsp3) is 0.389. The summed E-state index contributed by atoms with van der Waals surface area (Å²) in [5, 5.41) is 4.61. The van der Waals surface area contributed by atoms with Crippen LogP contribution in [0.3, 0.4) is 0 Å². The number of carbonyl (C=O) groups is 1. The van der Waals surface area contributed by atoms with E-state index in [1.807, 2.05) is 35.7 Å². The van der Waals surface area contributed by atoms with E-state index in [-0.39, 0.29) is 24.6 Å². The number of hydrogen-bond donors (Lipinski definition) is 1. The number of methoxy groups -OCH3 is 1. The molecule has 1 N–H and O–H groups in total. The zero-order valence-electron chi connectivity index (χ0n) is 14.6. The molecule has 1 aliphatic heterocycles. The number of thiophene rings is 1. The summed E-state index contributed by atoms with van der Waals surface area (Å²) in [5.74, 6) is 0.543. The fourth-order valence-corrected chi connectivity index (χ4v) is 4.98. The molecule has 1 aromatic carbocycles. The fourth-order valence-electron chi connectivity index (χ4n) is 2.95. The molecule has 0 saturated heterocycles. The van der Waals surface area contributed by atoms with Crippen LogP contribution in [0.15, 0.2) is 35.7 Å². The summed E-state index contributed by atoms with van der Waals surface area (Å²) in [4.78, 5) is 12.8. The Morgan fingerprint density at radius 2 is 2.15 bits per heavy atom. The number of hydrogen-bond acceptors (Lipinski definition) is 5. The highest BCUT2D eigenvalue weighted by atomic mass is 32.2. The SMILES string of the molecule is COc1ccc2c(c1)CCN(S(=O)(=O)CCNC(=O)Cc1cccs1)C2. The standard InChI is InChI=1S/C18H22N2O4S2/c1-24-16-5-4-15-13-20(8-6-14(15)11-16)26(22,23)10-7-19-18(21)12-17-3-2-9-25-17/h2-5,9,11H,6-8,10,12-13H2,1H3,(H,19,21). The molecule has 0 fully saturated rings. The van der Waals surface area contributed by atoms with Crippen molar-refractivity contribution in [1.29, 1.82) is 0 Å². The van der Waals surface area contributed by atoms with Crippen LogP contribution >= 0.6 is 11.3 Å². The Labute approximate surface area is 157 Å². The average Bonchev–Trinajstić information content (AvgIpc) is 3.13. The molecule has 0 spiro atoms. The van der Waals surface area contributed by atoms with E-state index in [2.05, 4.69) is 5.32 Å². The number of fused-ring (bicyclic) bond motifs is 1. The molecule has 6 nitrogen and oxygen atoms in total. The maximum absolute atomic E-state index is 12.6. The molecule has 1 aliphatic rings. The number of sulfonamides is 1. The minimum atomic E-state index is -3.41. The van der Waals surface area contributed by atoms with E-state index in [0.29, 0.717) is 19.5 Å². The van der Waals surface area contributed by atoms with Crippen molar-refractivity contribution in [3.8, 4) is 5.75 Å². The first-order valence-corrected chi connectivity index (χ1v) is 10.9. The van der Waals surface area contributed by atoms with Crippen LogP contribution in [-0.4, -0.2) is 44.6 Å². The number of ether oxygens (including phenoxy) is 1. The third-order valence-corrected chi connectivity index (χ3v) is 7.08. The van der Waals surface area contributed by atoms with Gasteiger partial charge in [0.25, 0.3) is 0 Å². The predicted octanol–water partition coefficient (Wildman–Crippen LogP) is 1.80. The maximum Gasteiger partial charge on any atom is 0.225 e. The van der Waals surface area contributed by atoms with Gasteiger partial charge in [-0.25, -0.2) is 8.42 Å². The molecule has 1 aromatic heterocycles. The number of nitrogens with zero attached hydrogens (tertiary/aromatic N) is 1. The smallest absolute Gasteiger partial charge is 0.225 e. The van der Waals surface area contributed by atoms with Crippen molar-refractivity contribution in [3.05, 3.63) is 51.7 Å². The molecule has 0 saturated carbocycles. The number of carbonyl (C=O) groups excluding carboxylic acids is 1. The van der Waals surface area contributed by atoms with Gasteiger partial charge < -0.3 is 10.1 Å². The Morgan fingerprint density at radius 3 is 2.88 bits per heavy atom. The highest BCUT2D eigenvalue weighted by Gasteiger charge is 2.26. The molecule has 0 radical (unpaired) electrons. The molecular formula is C18H22N2O4S2. The minimum absolute atomic E-state index is 0.0886. The summed E-state index contributed by atoms with van der Waals surface area (Å²) >= 11 is 1.51. The zero-order valence-corrected chi connectivity index (χ0v) is 16.2. The van der Waals surface area contributed by atoms with Crippen LogP contribution in [0.25, 0.3) is 0 Å². The van der Waals surface area contributed by atoms with Gasteiger partial charge >= 0.3 is 0 Å². The molecule has 140 valence electrons. The number of rotatable bonds is 7. The van der Waals surface area contributed by atoms with Crippen LogP contribution in [-0.2, 0) is 34.2 Å². The van der Waals surface area contributed by atoms with Crippen molar-refractivity contribution < 1.29 is 17.9 Å². The normalized spacial score (nSPS) is 14.7. The van der Waals surface area contributed by atoms with Crippen molar-refractivity contribution in [1.82, 2.24) is 9.62 Å². The van der Waals surface area contributed by atoms with Crippen LogP contribution in [0.2, 0.25) is 0 Å². The molecule has 2 heterocycles. The maximum atomic E-state index is 12.6.